The molecule has 60 valence electrons. The average Bonchev–Trinajstić information content (AvgIpc) is 2.05. The molecule has 1 rings (SSSR count). The Morgan fingerprint density at radius 1 is 1.36 bits per heavy atom. The first-order chi connectivity index (χ1) is 5.24. The molecule has 0 bridgehead atoms. The summed E-state index contributed by atoms with van der Waals surface area (Å²) in [7, 11) is 0. The van der Waals surface area contributed by atoms with Gasteiger partial charge in [0.25, 0.3) is 0 Å². The molecule has 11 heavy (non-hydrogen) atoms. The molecule has 0 saturated heterocycles. The summed E-state index contributed by atoms with van der Waals surface area (Å²) in [6, 6.07) is 8.15. The van der Waals surface area contributed by atoms with Gasteiger partial charge in [-0.2, -0.15) is 0 Å². The summed E-state index contributed by atoms with van der Waals surface area (Å²) in [6.07, 6.45) is 0.978. The van der Waals surface area contributed by atoms with Gasteiger partial charge in [0.15, 0.2) is 0 Å². The number of nitrogens with two attached hydrogens (primary N) is 1. The van der Waals surface area contributed by atoms with Crippen molar-refractivity contribution in [2.45, 2.75) is 24.3 Å². The van der Waals surface area contributed by atoms with Crippen molar-refractivity contribution >= 4 is 12.6 Å². The van der Waals surface area contributed by atoms with Crippen LogP contribution in [0.2, 0.25) is 0 Å². The number of hydrogen-bond acceptors (Lipinski definition) is 2. The van der Waals surface area contributed by atoms with E-state index in [1.807, 2.05) is 24.3 Å². The first-order valence-electron chi connectivity index (χ1n) is 3.78. The SMILES string of the molecule is CC[C@@H](N)c1ccc(S)cc1. The van der Waals surface area contributed by atoms with Gasteiger partial charge in [0, 0.05) is 10.9 Å². The monoisotopic (exact) mass is 167 g/mol. The fourth-order valence-electron chi connectivity index (χ4n) is 0.957. The summed E-state index contributed by atoms with van der Waals surface area (Å²) < 4.78 is 0. The number of benzene rings is 1. The summed E-state index contributed by atoms with van der Waals surface area (Å²) in [5.74, 6) is 0. The lowest BCUT2D eigenvalue weighted by Gasteiger charge is -2.08. The molecule has 2 heteroatoms. The van der Waals surface area contributed by atoms with Crippen molar-refractivity contribution in [1.29, 1.82) is 0 Å². The maximum Gasteiger partial charge on any atom is 0.0292 e. The minimum atomic E-state index is 0.170. The molecule has 0 aliphatic rings. The van der Waals surface area contributed by atoms with Crippen molar-refractivity contribution < 1.29 is 0 Å². The van der Waals surface area contributed by atoms with Crippen LogP contribution in [0.5, 0.6) is 0 Å². The average molecular weight is 167 g/mol. The fraction of sp³-hybridized carbons (Fsp3) is 0.333. The molecule has 1 aromatic rings. The van der Waals surface area contributed by atoms with Crippen LogP contribution in [0, 0.1) is 0 Å². The van der Waals surface area contributed by atoms with Crippen molar-refractivity contribution in [3.8, 4) is 0 Å². The third kappa shape index (κ3) is 2.24. The molecule has 1 nitrogen and oxygen atoms in total. The van der Waals surface area contributed by atoms with Gasteiger partial charge in [-0.3, -0.25) is 0 Å². The van der Waals surface area contributed by atoms with Crippen molar-refractivity contribution in [2.75, 3.05) is 0 Å². The number of hydrogen-bond donors (Lipinski definition) is 2. The van der Waals surface area contributed by atoms with E-state index in [1.165, 1.54) is 5.56 Å². The van der Waals surface area contributed by atoms with E-state index in [4.69, 9.17) is 5.73 Å². The van der Waals surface area contributed by atoms with E-state index in [1.54, 1.807) is 0 Å². The predicted octanol–water partition coefficient (Wildman–Crippen LogP) is 2.39. The smallest absolute Gasteiger partial charge is 0.0292 e. The molecule has 0 unspecified atom stereocenters. The highest BCUT2D eigenvalue weighted by Crippen LogP contribution is 2.15. The van der Waals surface area contributed by atoms with Gasteiger partial charge in [0.2, 0.25) is 0 Å². The molecule has 2 N–H and O–H groups in total. The molecule has 0 fully saturated rings. The van der Waals surface area contributed by atoms with Crippen molar-refractivity contribution in [3.05, 3.63) is 29.8 Å². The highest BCUT2D eigenvalue weighted by molar-refractivity contribution is 7.80. The van der Waals surface area contributed by atoms with Gasteiger partial charge in [-0.15, -0.1) is 12.6 Å². The lowest BCUT2D eigenvalue weighted by Crippen LogP contribution is -2.07. The van der Waals surface area contributed by atoms with Gasteiger partial charge in [-0.05, 0) is 24.1 Å². The largest absolute Gasteiger partial charge is 0.324 e. The van der Waals surface area contributed by atoms with Gasteiger partial charge in [0.1, 0.15) is 0 Å². The second-order valence-electron chi connectivity index (χ2n) is 2.61. The zero-order chi connectivity index (χ0) is 8.27. The van der Waals surface area contributed by atoms with Crippen molar-refractivity contribution in [3.63, 3.8) is 0 Å². The van der Waals surface area contributed by atoms with Crippen LogP contribution in [-0.2, 0) is 0 Å². The third-order valence-corrected chi connectivity index (χ3v) is 2.06. The first-order valence-corrected chi connectivity index (χ1v) is 4.23. The maximum atomic E-state index is 5.82. The van der Waals surface area contributed by atoms with Crippen LogP contribution in [0.15, 0.2) is 29.2 Å². The molecular weight excluding hydrogens is 154 g/mol. The summed E-state index contributed by atoms with van der Waals surface area (Å²) in [6.45, 7) is 2.08. The van der Waals surface area contributed by atoms with E-state index >= 15 is 0 Å². The Kier molecular flexibility index (Phi) is 2.97. The van der Waals surface area contributed by atoms with E-state index < -0.39 is 0 Å². The van der Waals surface area contributed by atoms with E-state index in [0.29, 0.717) is 0 Å². The Balaban J connectivity index is 2.81. The fourth-order valence-corrected chi connectivity index (χ4v) is 1.11. The Bertz CT molecular complexity index is 218. The molecule has 1 atom stereocenters. The lowest BCUT2D eigenvalue weighted by atomic mass is 10.1. The molecule has 0 saturated carbocycles. The van der Waals surface area contributed by atoms with Gasteiger partial charge in [-0.1, -0.05) is 19.1 Å². The van der Waals surface area contributed by atoms with Crippen LogP contribution >= 0.6 is 12.6 Å². The summed E-state index contributed by atoms with van der Waals surface area (Å²) in [5.41, 5.74) is 7.00. The predicted molar refractivity (Wildman–Crippen MR) is 50.9 cm³/mol. The quantitative estimate of drug-likeness (QED) is 0.650. The zero-order valence-corrected chi connectivity index (χ0v) is 7.51. The summed E-state index contributed by atoms with van der Waals surface area (Å²) in [5, 5.41) is 0. The second kappa shape index (κ2) is 3.79. The number of rotatable bonds is 2. The summed E-state index contributed by atoms with van der Waals surface area (Å²) in [4.78, 5) is 0.983. The van der Waals surface area contributed by atoms with Gasteiger partial charge in [-0.25, -0.2) is 0 Å². The molecule has 0 heterocycles. The Morgan fingerprint density at radius 3 is 2.36 bits per heavy atom. The maximum absolute atomic E-state index is 5.82. The highest BCUT2D eigenvalue weighted by atomic mass is 32.1. The van der Waals surface area contributed by atoms with Crippen LogP contribution in [0.1, 0.15) is 24.9 Å². The lowest BCUT2D eigenvalue weighted by molar-refractivity contribution is 0.698. The zero-order valence-electron chi connectivity index (χ0n) is 6.62. The van der Waals surface area contributed by atoms with Crippen LogP contribution in [0.25, 0.3) is 0 Å². The normalized spacial score (nSPS) is 13.0. The van der Waals surface area contributed by atoms with E-state index in [2.05, 4.69) is 19.6 Å². The van der Waals surface area contributed by atoms with Crippen LogP contribution < -0.4 is 5.73 Å². The molecule has 0 aromatic heterocycles. The summed E-state index contributed by atoms with van der Waals surface area (Å²) >= 11 is 4.19. The minimum Gasteiger partial charge on any atom is -0.324 e. The molecule has 0 aliphatic carbocycles. The van der Waals surface area contributed by atoms with Gasteiger partial charge >= 0.3 is 0 Å². The van der Waals surface area contributed by atoms with E-state index in [-0.39, 0.29) is 6.04 Å². The third-order valence-electron chi connectivity index (χ3n) is 1.76. The number of thiol groups is 1. The molecule has 1 aromatic carbocycles. The van der Waals surface area contributed by atoms with Crippen LogP contribution in [0.3, 0.4) is 0 Å². The Morgan fingerprint density at radius 2 is 1.91 bits per heavy atom. The van der Waals surface area contributed by atoms with E-state index in [9.17, 15) is 0 Å². The molecule has 0 spiro atoms. The minimum absolute atomic E-state index is 0.170. The Hall–Kier alpha value is -0.470. The molecular formula is C9H13NS. The first kappa shape index (κ1) is 8.62. The van der Waals surface area contributed by atoms with Crippen molar-refractivity contribution in [2.24, 2.45) is 5.73 Å². The Labute approximate surface area is 73.0 Å². The van der Waals surface area contributed by atoms with Crippen LogP contribution in [-0.4, -0.2) is 0 Å². The highest BCUT2D eigenvalue weighted by Gasteiger charge is 2.00. The van der Waals surface area contributed by atoms with Crippen molar-refractivity contribution in [1.82, 2.24) is 0 Å². The van der Waals surface area contributed by atoms with Gasteiger partial charge in [0.05, 0.1) is 0 Å². The standard InChI is InChI=1S/C9H13NS/c1-2-9(10)7-3-5-8(11)6-4-7/h3-6,9,11H,2,10H2,1H3/t9-/m1/s1. The molecule has 0 amide bonds. The molecule has 0 radical (unpaired) electrons. The topological polar surface area (TPSA) is 26.0 Å². The van der Waals surface area contributed by atoms with Gasteiger partial charge < -0.3 is 5.73 Å². The molecule has 0 aliphatic heterocycles. The van der Waals surface area contributed by atoms with Crippen LogP contribution in [0.4, 0.5) is 0 Å². The second-order valence-corrected chi connectivity index (χ2v) is 3.12. The van der Waals surface area contributed by atoms with E-state index in [0.717, 1.165) is 11.3 Å².